The van der Waals surface area contributed by atoms with Crippen molar-refractivity contribution in [3.8, 4) is 0 Å². The molecule has 1 amide bonds. The van der Waals surface area contributed by atoms with E-state index in [2.05, 4.69) is 4.90 Å². The van der Waals surface area contributed by atoms with Crippen molar-refractivity contribution in [2.75, 3.05) is 39.3 Å². The van der Waals surface area contributed by atoms with Gasteiger partial charge in [0, 0.05) is 43.8 Å². The van der Waals surface area contributed by atoms with Crippen LogP contribution in [0.15, 0.2) is 78.9 Å². The minimum absolute atomic E-state index is 0.0106. The molecule has 0 bridgehead atoms. The highest BCUT2D eigenvalue weighted by molar-refractivity contribution is 6.30. The van der Waals surface area contributed by atoms with Crippen molar-refractivity contribution in [2.24, 2.45) is 0 Å². The van der Waals surface area contributed by atoms with Crippen LogP contribution in [-0.2, 0) is 9.53 Å². The smallest absolute Gasteiger partial charge is 0.246 e. The standard InChI is InChI=1S/C28H27ClF2N2O2/c29-24-8-1-21(2-9-24)3-14-27(34)33-17-15-32(16-18-33)19-20-35-28(22-4-10-25(30)11-5-22)23-6-12-26(31)13-7-23/h1-14,28H,15-20H2/b14-3+. The number of hydrogen-bond donors (Lipinski definition) is 0. The van der Waals surface area contributed by atoms with Crippen molar-refractivity contribution in [2.45, 2.75) is 6.10 Å². The first kappa shape index (κ1) is 25.0. The maximum atomic E-state index is 13.4. The molecule has 0 atom stereocenters. The normalized spacial score (nSPS) is 14.7. The van der Waals surface area contributed by atoms with E-state index in [1.165, 1.54) is 24.3 Å². The van der Waals surface area contributed by atoms with Gasteiger partial charge in [0.05, 0.1) is 6.61 Å². The van der Waals surface area contributed by atoms with E-state index < -0.39 is 6.10 Å². The van der Waals surface area contributed by atoms with E-state index >= 15 is 0 Å². The average Bonchev–Trinajstić information content (AvgIpc) is 2.88. The lowest BCUT2D eigenvalue weighted by Gasteiger charge is -2.34. The van der Waals surface area contributed by atoms with Crippen molar-refractivity contribution < 1.29 is 18.3 Å². The van der Waals surface area contributed by atoms with Crippen LogP contribution in [0.25, 0.3) is 6.08 Å². The summed E-state index contributed by atoms with van der Waals surface area (Å²) in [6, 6.07) is 19.7. The molecule has 1 aliphatic heterocycles. The number of piperazine rings is 1. The van der Waals surface area contributed by atoms with Gasteiger partial charge in [-0.05, 0) is 59.2 Å². The second-order valence-corrected chi connectivity index (χ2v) is 8.84. The van der Waals surface area contributed by atoms with Crippen LogP contribution < -0.4 is 0 Å². The summed E-state index contributed by atoms with van der Waals surface area (Å²) in [6.45, 7) is 3.93. The lowest BCUT2D eigenvalue weighted by atomic mass is 10.0. The molecule has 1 aliphatic rings. The van der Waals surface area contributed by atoms with E-state index in [0.29, 0.717) is 31.3 Å². The summed E-state index contributed by atoms with van der Waals surface area (Å²) in [7, 11) is 0. The number of carbonyl (C=O) groups excluding carboxylic acids is 1. The van der Waals surface area contributed by atoms with Gasteiger partial charge >= 0.3 is 0 Å². The zero-order valence-electron chi connectivity index (χ0n) is 19.2. The predicted octanol–water partition coefficient (Wildman–Crippen LogP) is 5.58. The molecule has 0 unspecified atom stereocenters. The highest BCUT2D eigenvalue weighted by atomic mass is 35.5. The van der Waals surface area contributed by atoms with E-state index in [0.717, 1.165) is 29.8 Å². The summed E-state index contributed by atoms with van der Waals surface area (Å²) in [6.07, 6.45) is 2.97. The molecule has 4 rings (SSSR count). The Balaban J connectivity index is 1.27. The number of rotatable bonds is 8. The average molecular weight is 497 g/mol. The van der Waals surface area contributed by atoms with Crippen LogP contribution in [0.5, 0.6) is 0 Å². The van der Waals surface area contributed by atoms with E-state index in [9.17, 15) is 13.6 Å². The maximum absolute atomic E-state index is 13.4. The van der Waals surface area contributed by atoms with Crippen LogP contribution in [0.4, 0.5) is 8.78 Å². The van der Waals surface area contributed by atoms with Crippen LogP contribution in [0.3, 0.4) is 0 Å². The first-order chi connectivity index (χ1) is 17.0. The number of ether oxygens (including phenoxy) is 1. The van der Waals surface area contributed by atoms with Crippen LogP contribution in [0, 0.1) is 11.6 Å². The molecule has 0 aliphatic carbocycles. The fraction of sp³-hybridized carbons (Fsp3) is 0.250. The number of nitrogens with zero attached hydrogens (tertiary/aromatic N) is 2. The quantitative estimate of drug-likeness (QED) is 0.382. The zero-order chi connectivity index (χ0) is 24.6. The Labute approximate surface area is 209 Å². The fourth-order valence-corrected chi connectivity index (χ4v) is 4.12. The minimum atomic E-state index is -0.419. The number of amides is 1. The first-order valence-corrected chi connectivity index (χ1v) is 11.9. The minimum Gasteiger partial charge on any atom is -0.367 e. The van der Waals surface area contributed by atoms with Crippen molar-refractivity contribution in [3.63, 3.8) is 0 Å². The molecular weight excluding hydrogens is 470 g/mol. The van der Waals surface area contributed by atoms with E-state index in [1.807, 2.05) is 17.0 Å². The molecule has 0 saturated carbocycles. The summed E-state index contributed by atoms with van der Waals surface area (Å²) in [4.78, 5) is 16.6. The molecule has 1 heterocycles. The Morgan fingerprint density at radius 1 is 0.857 bits per heavy atom. The van der Waals surface area contributed by atoms with Gasteiger partial charge in [0.25, 0.3) is 0 Å². The Hall–Kier alpha value is -3.06. The van der Waals surface area contributed by atoms with Gasteiger partial charge in [0.1, 0.15) is 17.7 Å². The molecule has 3 aromatic rings. The van der Waals surface area contributed by atoms with Gasteiger partial charge in [0.15, 0.2) is 0 Å². The molecule has 4 nitrogen and oxygen atoms in total. The van der Waals surface area contributed by atoms with Crippen molar-refractivity contribution in [3.05, 3.63) is 112 Å². The van der Waals surface area contributed by atoms with Crippen LogP contribution in [0.2, 0.25) is 5.02 Å². The molecule has 3 aromatic carbocycles. The third kappa shape index (κ3) is 7.21. The first-order valence-electron chi connectivity index (χ1n) is 11.6. The third-order valence-electron chi connectivity index (χ3n) is 6.01. The molecule has 0 aromatic heterocycles. The Morgan fingerprint density at radius 3 is 1.94 bits per heavy atom. The van der Waals surface area contributed by atoms with E-state index in [1.54, 1.807) is 48.6 Å². The van der Waals surface area contributed by atoms with Crippen LogP contribution in [0.1, 0.15) is 22.8 Å². The van der Waals surface area contributed by atoms with Crippen molar-refractivity contribution in [1.82, 2.24) is 9.80 Å². The van der Waals surface area contributed by atoms with Crippen LogP contribution in [-0.4, -0.2) is 55.0 Å². The van der Waals surface area contributed by atoms with Crippen LogP contribution >= 0.6 is 11.6 Å². The maximum Gasteiger partial charge on any atom is 0.246 e. The van der Waals surface area contributed by atoms with Crippen molar-refractivity contribution >= 4 is 23.6 Å². The Morgan fingerprint density at radius 2 is 1.40 bits per heavy atom. The molecule has 1 fully saturated rings. The molecule has 1 saturated heterocycles. The zero-order valence-corrected chi connectivity index (χ0v) is 20.0. The van der Waals surface area contributed by atoms with Gasteiger partial charge in [-0.1, -0.05) is 48.0 Å². The highest BCUT2D eigenvalue weighted by Crippen LogP contribution is 2.26. The lowest BCUT2D eigenvalue weighted by Crippen LogP contribution is -2.49. The van der Waals surface area contributed by atoms with Gasteiger partial charge in [-0.15, -0.1) is 0 Å². The molecule has 7 heteroatoms. The SMILES string of the molecule is O=C(/C=C/c1ccc(Cl)cc1)N1CCN(CCOC(c2ccc(F)cc2)c2ccc(F)cc2)CC1. The summed E-state index contributed by atoms with van der Waals surface area (Å²) in [5.74, 6) is -0.646. The van der Waals surface area contributed by atoms with Gasteiger partial charge in [0.2, 0.25) is 5.91 Å². The topological polar surface area (TPSA) is 32.8 Å². The molecule has 0 spiro atoms. The monoisotopic (exact) mass is 496 g/mol. The summed E-state index contributed by atoms with van der Waals surface area (Å²) in [5, 5.41) is 0.662. The summed E-state index contributed by atoms with van der Waals surface area (Å²) in [5.41, 5.74) is 2.54. The van der Waals surface area contributed by atoms with E-state index in [4.69, 9.17) is 16.3 Å². The largest absolute Gasteiger partial charge is 0.367 e. The Bertz CT molecular complexity index is 1080. The third-order valence-corrected chi connectivity index (χ3v) is 6.26. The van der Waals surface area contributed by atoms with Gasteiger partial charge in [-0.25, -0.2) is 8.78 Å². The summed E-state index contributed by atoms with van der Waals surface area (Å²) >= 11 is 5.90. The molecule has 0 radical (unpaired) electrons. The second kappa shape index (κ2) is 12.1. The molecule has 35 heavy (non-hydrogen) atoms. The van der Waals surface area contributed by atoms with Gasteiger partial charge < -0.3 is 9.64 Å². The number of halogens is 3. The number of carbonyl (C=O) groups is 1. The van der Waals surface area contributed by atoms with Gasteiger partial charge in [-0.2, -0.15) is 0 Å². The molecule has 0 N–H and O–H groups in total. The molecular formula is C28H27ClF2N2O2. The molecule has 182 valence electrons. The van der Waals surface area contributed by atoms with Crippen molar-refractivity contribution in [1.29, 1.82) is 0 Å². The Kier molecular flexibility index (Phi) is 8.64. The highest BCUT2D eigenvalue weighted by Gasteiger charge is 2.21. The fourth-order valence-electron chi connectivity index (χ4n) is 4.00. The summed E-state index contributed by atoms with van der Waals surface area (Å²) < 4.78 is 33.0. The lowest BCUT2D eigenvalue weighted by molar-refractivity contribution is -0.127. The second-order valence-electron chi connectivity index (χ2n) is 8.41. The number of hydrogen-bond acceptors (Lipinski definition) is 3. The van der Waals surface area contributed by atoms with Gasteiger partial charge in [-0.3, -0.25) is 9.69 Å². The number of benzene rings is 3. The van der Waals surface area contributed by atoms with E-state index in [-0.39, 0.29) is 17.5 Å². The predicted molar refractivity (Wildman–Crippen MR) is 134 cm³/mol.